The lowest BCUT2D eigenvalue weighted by Gasteiger charge is -2.08. The molecule has 0 saturated carbocycles. The molecule has 0 fully saturated rings. The number of alkyl halides is 4. The number of fused-ring (bicyclic) bond motifs is 1. The van der Waals surface area contributed by atoms with Gasteiger partial charge in [0.15, 0.2) is 0 Å². The first kappa shape index (κ1) is 23.3. The van der Waals surface area contributed by atoms with Gasteiger partial charge in [-0.1, -0.05) is 43.9 Å². The third-order valence-corrected chi connectivity index (χ3v) is 5.37. The molecule has 0 aliphatic heterocycles. The van der Waals surface area contributed by atoms with Gasteiger partial charge in [0.1, 0.15) is 0 Å². The van der Waals surface area contributed by atoms with Crippen molar-refractivity contribution in [2.24, 2.45) is 0 Å². The van der Waals surface area contributed by atoms with E-state index in [1.807, 2.05) is 25.1 Å². The molecule has 2 aromatic carbocycles. The molecule has 0 aliphatic rings. The molecule has 1 heterocycles. The Morgan fingerprint density at radius 2 is 1.69 bits per heavy atom. The van der Waals surface area contributed by atoms with E-state index in [0.717, 1.165) is 56.9 Å². The van der Waals surface area contributed by atoms with Gasteiger partial charge in [-0.3, -0.25) is 0 Å². The molecule has 1 N–H and O–H groups in total. The third kappa shape index (κ3) is 6.24. The van der Waals surface area contributed by atoms with Crippen LogP contribution in [0.5, 0.6) is 0 Å². The molecular weight excluding hydrogens is 415 g/mol. The van der Waals surface area contributed by atoms with Crippen LogP contribution in [-0.2, 0) is 6.18 Å². The molecular formula is C23H23ClF3NS. The van der Waals surface area contributed by atoms with Crippen LogP contribution in [0.1, 0.15) is 29.9 Å². The molecule has 6 heteroatoms. The molecule has 0 spiro atoms. The number of hydrogen-bond acceptors (Lipinski definition) is 2. The lowest BCUT2D eigenvalue weighted by atomic mass is 10.00. The summed E-state index contributed by atoms with van der Waals surface area (Å²) in [6, 6.07) is 11.2. The molecule has 0 saturated heterocycles. The van der Waals surface area contributed by atoms with Gasteiger partial charge in [0.25, 0.3) is 0 Å². The van der Waals surface area contributed by atoms with E-state index in [0.29, 0.717) is 0 Å². The van der Waals surface area contributed by atoms with Crippen molar-refractivity contribution in [1.29, 1.82) is 0 Å². The summed E-state index contributed by atoms with van der Waals surface area (Å²) in [6.45, 7) is 8.36. The van der Waals surface area contributed by atoms with Crippen LogP contribution in [0.15, 0.2) is 42.5 Å². The average Bonchev–Trinajstić information content (AvgIpc) is 3.02. The second kappa shape index (κ2) is 10.7. The highest BCUT2D eigenvalue weighted by molar-refractivity contribution is 7.19. The van der Waals surface area contributed by atoms with E-state index in [2.05, 4.69) is 31.0 Å². The normalized spacial score (nSPS) is 10.9. The summed E-state index contributed by atoms with van der Waals surface area (Å²) in [5.74, 6) is 6.07. The topological polar surface area (TPSA) is 12.0 Å². The maximum Gasteiger partial charge on any atom is 0.416 e. The Balaban J connectivity index is 0.000000537. The number of benzene rings is 2. The Hall–Kier alpha value is -2.00. The predicted molar refractivity (Wildman–Crippen MR) is 119 cm³/mol. The Morgan fingerprint density at radius 1 is 1.03 bits per heavy atom. The summed E-state index contributed by atoms with van der Waals surface area (Å²) in [5, 5.41) is 4.13. The fourth-order valence-electron chi connectivity index (χ4n) is 2.87. The third-order valence-electron chi connectivity index (χ3n) is 4.17. The van der Waals surface area contributed by atoms with Crippen LogP contribution >= 0.6 is 22.9 Å². The second-order valence-corrected chi connectivity index (χ2v) is 7.74. The van der Waals surface area contributed by atoms with Gasteiger partial charge in [0.2, 0.25) is 0 Å². The number of thiophene rings is 1. The van der Waals surface area contributed by atoms with Gasteiger partial charge in [-0.15, -0.1) is 22.9 Å². The van der Waals surface area contributed by atoms with Crippen LogP contribution in [0.3, 0.4) is 0 Å². The number of aryl methyl sites for hydroxylation is 1. The van der Waals surface area contributed by atoms with Crippen LogP contribution in [-0.4, -0.2) is 19.0 Å². The molecule has 29 heavy (non-hydrogen) atoms. The molecule has 0 aliphatic carbocycles. The van der Waals surface area contributed by atoms with Gasteiger partial charge in [-0.2, -0.15) is 13.2 Å². The number of halogens is 4. The predicted octanol–water partition coefficient (Wildman–Crippen LogP) is 7.10. The lowest BCUT2D eigenvalue weighted by Crippen LogP contribution is -2.09. The van der Waals surface area contributed by atoms with E-state index in [1.54, 1.807) is 11.3 Å². The van der Waals surface area contributed by atoms with E-state index in [4.69, 9.17) is 11.6 Å². The zero-order chi connectivity index (χ0) is 21.4. The highest BCUT2D eigenvalue weighted by atomic mass is 35.5. The second-order valence-electron chi connectivity index (χ2n) is 6.21. The molecule has 0 amide bonds. The summed E-state index contributed by atoms with van der Waals surface area (Å²) in [6.07, 6.45) is -4.32. The Labute approximate surface area is 178 Å². The first-order valence-corrected chi connectivity index (χ1v) is 10.6. The zero-order valence-corrected chi connectivity index (χ0v) is 18.2. The van der Waals surface area contributed by atoms with Crippen molar-refractivity contribution in [3.05, 3.63) is 58.5 Å². The van der Waals surface area contributed by atoms with E-state index in [1.165, 1.54) is 12.1 Å². The molecule has 154 valence electrons. The summed E-state index contributed by atoms with van der Waals surface area (Å²) in [5.41, 5.74) is 2.00. The minimum Gasteiger partial charge on any atom is -0.317 e. The van der Waals surface area contributed by atoms with Crippen molar-refractivity contribution in [3.8, 4) is 23.0 Å². The summed E-state index contributed by atoms with van der Waals surface area (Å²) < 4.78 is 39.2. The van der Waals surface area contributed by atoms with Gasteiger partial charge in [0.05, 0.1) is 11.4 Å². The van der Waals surface area contributed by atoms with E-state index < -0.39 is 11.7 Å². The van der Waals surface area contributed by atoms with Crippen LogP contribution in [0, 0.1) is 18.8 Å². The minimum absolute atomic E-state index is 0.276. The molecule has 1 aromatic heterocycles. The number of hydrogen-bond donors (Lipinski definition) is 1. The van der Waals surface area contributed by atoms with Gasteiger partial charge < -0.3 is 5.32 Å². The standard InChI is InChI=1S/C19H12ClF3S.C4H11N/c1-12-18(14-5-7-15(8-6-14)19(21,22)23)16-9-4-13(3-2-10-20)11-17(16)24-12;1-3-5-4-2/h4-9,11H,10H2,1H3;5H,3-4H2,1-2H3. The molecule has 3 aromatic rings. The average molecular weight is 438 g/mol. The summed E-state index contributed by atoms with van der Waals surface area (Å²) in [7, 11) is 0. The van der Waals surface area contributed by atoms with Crippen molar-refractivity contribution in [3.63, 3.8) is 0 Å². The smallest absolute Gasteiger partial charge is 0.317 e. The SMILES string of the molecule is CCNCC.Cc1sc2cc(C#CCCl)ccc2c1-c1ccc(C(F)(F)F)cc1. The van der Waals surface area contributed by atoms with Gasteiger partial charge in [-0.25, -0.2) is 0 Å². The number of nitrogens with one attached hydrogen (secondary N) is 1. The lowest BCUT2D eigenvalue weighted by molar-refractivity contribution is -0.137. The largest absolute Gasteiger partial charge is 0.416 e. The Morgan fingerprint density at radius 3 is 2.21 bits per heavy atom. The van der Waals surface area contributed by atoms with Crippen LogP contribution in [0.25, 0.3) is 21.2 Å². The molecule has 0 unspecified atom stereocenters. The molecule has 1 nitrogen and oxygen atoms in total. The quantitative estimate of drug-likeness (QED) is 0.340. The van der Waals surface area contributed by atoms with Crippen molar-refractivity contribution < 1.29 is 13.2 Å². The fourth-order valence-corrected chi connectivity index (χ4v) is 4.06. The molecule has 0 bridgehead atoms. The number of rotatable bonds is 3. The van der Waals surface area contributed by atoms with Crippen molar-refractivity contribution >= 4 is 33.0 Å². The van der Waals surface area contributed by atoms with E-state index in [-0.39, 0.29) is 5.88 Å². The summed E-state index contributed by atoms with van der Waals surface area (Å²) in [4.78, 5) is 1.06. The molecule has 0 atom stereocenters. The van der Waals surface area contributed by atoms with E-state index >= 15 is 0 Å². The maximum atomic E-state index is 12.7. The van der Waals surface area contributed by atoms with Crippen molar-refractivity contribution in [2.45, 2.75) is 26.9 Å². The first-order chi connectivity index (χ1) is 13.8. The molecule has 3 rings (SSSR count). The monoisotopic (exact) mass is 437 g/mol. The van der Waals surface area contributed by atoms with Gasteiger partial charge in [0, 0.05) is 26.1 Å². The fraction of sp³-hybridized carbons (Fsp3) is 0.304. The van der Waals surface area contributed by atoms with Gasteiger partial charge in [-0.05, 0) is 49.8 Å². The highest BCUT2D eigenvalue weighted by Gasteiger charge is 2.30. The maximum absolute atomic E-state index is 12.7. The highest BCUT2D eigenvalue weighted by Crippen LogP contribution is 2.39. The molecule has 0 radical (unpaired) electrons. The Bertz CT molecular complexity index is 993. The van der Waals surface area contributed by atoms with Crippen LogP contribution in [0.4, 0.5) is 13.2 Å². The van der Waals surface area contributed by atoms with Crippen molar-refractivity contribution in [2.75, 3.05) is 19.0 Å². The zero-order valence-electron chi connectivity index (χ0n) is 16.6. The Kier molecular flexibility index (Phi) is 8.58. The van der Waals surface area contributed by atoms with Crippen LogP contribution in [0.2, 0.25) is 0 Å². The van der Waals surface area contributed by atoms with Crippen molar-refractivity contribution in [1.82, 2.24) is 5.32 Å². The minimum atomic E-state index is -4.32. The van der Waals surface area contributed by atoms with E-state index in [9.17, 15) is 13.2 Å². The summed E-state index contributed by atoms with van der Waals surface area (Å²) >= 11 is 7.18. The van der Waals surface area contributed by atoms with Gasteiger partial charge >= 0.3 is 6.18 Å². The van der Waals surface area contributed by atoms with Crippen LogP contribution < -0.4 is 5.32 Å². The first-order valence-electron chi connectivity index (χ1n) is 9.28.